The first-order valence-electron chi connectivity index (χ1n) is 8.82. The van der Waals surface area contributed by atoms with Crippen molar-refractivity contribution in [3.8, 4) is 16.9 Å². The van der Waals surface area contributed by atoms with Crippen LogP contribution in [-0.4, -0.2) is 17.2 Å². The van der Waals surface area contributed by atoms with Gasteiger partial charge in [-0.15, -0.1) is 0 Å². The van der Waals surface area contributed by atoms with E-state index in [2.05, 4.69) is 36.4 Å². The summed E-state index contributed by atoms with van der Waals surface area (Å²) in [5, 5.41) is 9.29. The van der Waals surface area contributed by atoms with Crippen LogP contribution in [0.3, 0.4) is 0 Å². The van der Waals surface area contributed by atoms with Crippen molar-refractivity contribution in [2.75, 3.05) is 0 Å². The van der Waals surface area contributed by atoms with E-state index >= 15 is 0 Å². The van der Waals surface area contributed by atoms with Gasteiger partial charge in [-0.05, 0) is 22.8 Å². The van der Waals surface area contributed by atoms with Gasteiger partial charge in [0.2, 0.25) is 0 Å². The number of benzene rings is 3. The van der Waals surface area contributed by atoms with Crippen LogP contribution in [-0.2, 0) is 11.2 Å². The minimum Gasteiger partial charge on any atom is -0.489 e. The number of aliphatic carboxylic acids is 1. The van der Waals surface area contributed by atoms with Crippen LogP contribution in [0, 0.1) is 0 Å². The summed E-state index contributed by atoms with van der Waals surface area (Å²) in [6, 6.07) is 26.4. The first-order chi connectivity index (χ1) is 12.7. The van der Waals surface area contributed by atoms with Gasteiger partial charge >= 0.3 is 5.97 Å². The predicted molar refractivity (Wildman–Crippen MR) is 101 cm³/mol. The van der Waals surface area contributed by atoms with Crippen molar-refractivity contribution in [2.24, 2.45) is 0 Å². The quantitative estimate of drug-likeness (QED) is 0.715. The van der Waals surface area contributed by atoms with Gasteiger partial charge in [0.15, 0.2) is 0 Å². The molecule has 0 aromatic heterocycles. The second-order valence-electron chi connectivity index (χ2n) is 6.67. The Kier molecular flexibility index (Phi) is 4.44. The standard InChI is InChI=1S/C23H20O3/c24-23(25)15-20-19-8-4-5-9-21(19)26-22(20)14-16-10-12-18(13-11-16)17-6-2-1-3-7-17/h1-13,20,22H,14-15H2,(H,24,25). The second-order valence-corrected chi connectivity index (χ2v) is 6.67. The summed E-state index contributed by atoms with van der Waals surface area (Å²) in [7, 11) is 0. The van der Waals surface area contributed by atoms with Gasteiger partial charge in [-0.25, -0.2) is 0 Å². The normalized spacial score (nSPS) is 18.2. The zero-order valence-electron chi connectivity index (χ0n) is 14.3. The molecule has 1 heterocycles. The van der Waals surface area contributed by atoms with Crippen LogP contribution in [0.15, 0.2) is 78.9 Å². The molecular formula is C23H20O3. The summed E-state index contributed by atoms with van der Waals surface area (Å²) in [5.41, 5.74) is 4.51. The van der Waals surface area contributed by atoms with Gasteiger partial charge in [0.1, 0.15) is 11.9 Å². The average molecular weight is 344 g/mol. The third-order valence-electron chi connectivity index (χ3n) is 4.94. The lowest BCUT2D eigenvalue weighted by Gasteiger charge is -2.18. The monoisotopic (exact) mass is 344 g/mol. The van der Waals surface area contributed by atoms with Crippen molar-refractivity contribution in [1.29, 1.82) is 0 Å². The molecule has 1 aliphatic rings. The lowest BCUT2D eigenvalue weighted by molar-refractivity contribution is -0.137. The molecule has 26 heavy (non-hydrogen) atoms. The Hall–Kier alpha value is -3.07. The molecule has 0 fully saturated rings. The number of carboxylic acid groups (broad SMARTS) is 1. The van der Waals surface area contributed by atoms with Gasteiger partial charge in [-0.2, -0.15) is 0 Å². The number of hydrogen-bond donors (Lipinski definition) is 1. The summed E-state index contributed by atoms with van der Waals surface area (Å²) < 4.78 is 6.08. The molecule has 3 heteroatoms. The number of para-hydroxylation sites is 1. The first-order valence-corrected chi connectivity index (χ1v) is 8.82. The fourth-order valence-corrected chi connectivity index (χ4v) is 3.65. The number of ether oxygens (including phenoxy) is 1. The van der Waals surface area contributed by atoms with Crippen molar-refractivity contribution in [3.63, 3.8) is 0 Å². The summed E-state index contributed by atoms with van der Waals surface area (Å²) in [4.78, 5) is 11.3. The highest BCUT2D eigenvalue weighted by Crippen LogP contribution is 2.41. The van der Waals surface area contributed by atoms with E-state index in [0.717, 1.165) is 16.9 Å². The van der Waals surface area contributed by atoms with Crippen LogP contribution in [0.4, 0.5) is 0 Å². The molecule has 0 saturated carbocycles. The van der Waals surface area contributed by atoms with Crippen LogP contribution < -0.4 is 4.74 Å². The van der Waals surface area contributed by atoms with Crippen LogP contribution in [0.5, 0.6) is 5.75 Å². The molecule has 0 saturated heterocycles. The lowest BCUT2D eigenvalue weighted by Crippen LogP contribution is -2.23. The Labute approximate surface area is 152 Å². The number of hydrogen-bond acceptors (Lipinski definition) is 2. The van der Waals surface area contributed by atoms with Gasteiger partial charge in [0, 0.05) is 17.9 Å². The van der Waals surface area contributed by atoms with E-state index in [1.165, 1.54) is 11.1 Å². The van der Waals surface area contributed by atoms with Crippen molar-refractivity contribution in [2.45, 2.75) is 24.9 Å². The van der Waals surface area contributed by atoms with E-state index in [-0.39, 0.29) is 18.4 Å². The van der Waals surface area contributed by atoms with E-state index in [0.29, 0.717) is 6.42 Å². The lowest BCUT2D eigenvalue weighted by atomic mass is 9.88. The third-order valence-corrected chi connectivity index (χ3v) is 4.94. The topological polar surface area (TPSA) is 46.5 Å². The Balaban J connectivity index is 1.54. The molecule has 1 N–H and O–H groups in total. The average Bonchev–Trinajstić information content (AvgIpc) is 3.00. The van der Waals surface area contributed by atoms with E-state index in [9.17, 15) is 9.90 Å². The highest BCUT2D eigenvalue weighted by molar-refractivity contribution is 5.69. The molecule has 2 unspecified atom stereocenters. The van der Waals surface area contributed by atoms with Gasteiger partial charge in [0.25, 0.3) is 0 Å². The maximum absolute atomic E-state index is 11.3. The molecular weight excluding hydrogens is 324 g/mol. The van der Waals surface area contributed by atoms with Gasteiger partial charge in [-0.3, -0.25) is 4.79 Å². The molecule has 0 aliphatic carbocycles. The van der Waals surface area contributed by atoms with E-state index in [1.54, 1.807) is 0 Å². The molecule has 0 radical (unpaired) electrons. The fraction of sp³-hybridized carbons (Fsp3) is 0.174. The minimum absolute atomic E-state index is 0.0871. The van der Waals surface area contributed by atoms with Crippen molar-refractivity contribution < 1.29 is 14.6 Å². The third kappa shape index (κ3) is 3.33. The van der Waals surface area contributed by atoms with Gasteiger partial charge in [-0.1, -0.05) is 72.8 Å². The Morgan fingerprint density at radius 3 is 2.23 bits per heavy atom. The van der Waals surface area contributed by atoms with Gasteiger partial charge < -0.3 is 9.84 Å². The van der Waals surface area contributed by atoms with Crippen molar-refractivity contribution in [3.05, 3.63) is 90.0 Å². The van der Waals surface area contributed by atoms with E-state index in [1.807, 2.05) is 42.5 Å². The largest absolute Gasteiger partial charge is 0.489 e. The Morgan fingerprint density at radius 2 is 1.50 bits per heavy atom. The highest BCUT2D eigenvalue weighted by atomic mass is 16.5. The smallest absolute Gasteiger partial charge is 0.304 e. The molecule has 0 spiro atoms. The fourth-order valence-electron chi connectivity index (χ4n) is 3.65. The zero-order valence-corrected chi connectivity index (χ0v) is 14.3. The van der Waals surface area contributed by atoms with Crippen LogP contribution in [0.1, 0.15) is 23.5 Å². The minimum atomic E-state index is -0.792. The summed E-state index contributed by atoms with van der Waals surface area (Å²) in [6.07, 6.45) is 0.636. The highest BCUT2D eigenvalue weighted by Gasteiger charge is 2.35. The number of rotatable bonds is 5. The predicted octanol–water partition coefficient (Wildman–Crippen LogP) is 4.92. The van der Waals surface area contributed by atoms with E-state index < -0.39 is 5.97 Å². The number of fused-ring (bicyclic) bond motifs is 1. The zero-order chi connectivity index (χ0) is 17.9. The van der Waals surface area contributed by atoms with Gasteiger partial charge in [0.05, 0.1) is 6.42 Å². The molecule has 3 aromatic rings. The molecule has 0 amide bonds. The summed E-state index contributed by atoms with van der Waals surface area (Å²) in [5.74, 6) is -0.0955. The summed E-state index contributed by atoms with van der Waals surface area (Å²) in [6.45, 7) is 0. The van der Waals surface area contributed by atoms with Crippen LogP contribution in [0.25, 0.3) is 11.1 Å². The van der Waals surface area contributed by atoms with Crippen LogP contribution in [0.2, 0.25) is 0 Å². The first kappa shape index (κ1) is 16.4. The maximum Gasteiger partial charge on any atom is 0.304 e. The van der Waals surface area contributed by atoms with Crippen LogP contribution >= 0.6 is 0 Å². The second kappa shape index (κ2) is 7.04. The Bertz CT molecular complexity index is 900. The SMILES string of the molecule is O=C(O)CC1c2ccccc2OC1Cc1ccc(-c2ccccc2)cc1. The number of carboxylic acids is 1. The van der Waals surface area contributed by atoms with Crippen molar-refractivity contribution >= 4 is 5.97 Å². The molecule has 0 bridgehead atoms. The molecule has 130 valence electrons. The molecule has 2 atom stereocenters. The van der Waals surface area contributed by atoms with E-state index in [4.69, 9.17) is 4.74 Å². The summed E-state index contributed by atoms with van der Waals surface area (Å²) >= 11 is 0. The maximum atomic E-state index is 11.3. The molecule has 3 nitrogen and oxygen atoms in total. The molecule has 4 rings (SSSR count). The molecule has 1 aliphatic heterocycles. The number of carbonyl (C=O) groups is 1. The molecule has 3 aromatic carbocycles. The van der Waals surface area contributed by atoms with Crippen molar-refractivity contribution in [1.82, 2.24) is 0 Å². The Morgan fingerprint density at radius 1 is 0.846 bits per heavy atom.